The summed E-state index contributed by atoms with van der Waals surface area (Å²) in [6.45, 7) is 3.53. The van der Waals surface area contributed by atoms with Crippen molar-refractivity contribution in [2.45, 2.75) is 19.2 Å². The van der Waals surface area contributed by atoms with E-state index in [9.17, 15) is 8.78 Å². The number of halogens is 3. The summed E-state index contributed by atoms with van der Waals surface area (Å²) in [6, 6.07) is 4.30. The molecule has 2 rings (SSSR count). The minimum absolute atomic E-state index is 0.330. The first kappa shape index (κ1) is 12.5. The maximum absolute atomic E-state index is 13.7. The maximum Gasteiger partial charge on any atom is 0.131 e. The monoisotopic (exact) mass is 272 g/mol. The fourth-order valence-electron chi connectivity index (χ4n) is 1.66. The molecule has 0 aliphatic heterocycles. The number of alkyl halides is 1. The molecule has 0 saturated heterocycles. The molecule has 17 heavy (non-hydrogen) atoms. The van der Waals surface area contributed by atoms with Crippen LogP contribution in [-0.2, 0) is 0 Å². The van der Waals surface area contributed by atoms with Crippen molar-refractivity contribution in [3.05, 3.63) is 56.8 Å². The Morgan fingerprint density at radius 3 is 2.41 bits per heavy atom. The molecule has 1 aromatic carbocycles. The van der Waals surface area contributed by atoms with E-state index in [0.717, 1.165) is 16.5 Å². The van der Waals surface area contributed by atoms with Crippen LogP contribution in [0.3, 0.4) is 0 Å². The van der Waals surface area contributed by atoms with Gasteiger partial charge in [0.1, 0.15) is 11.6 Å². The third kappa shape index (κ3) is 2.35. The van der Waals surface area contributed by atoms with Gasteiger partial charge in [-0.15, -0.1) is 22.9 Å². The van der Waals surface area contributed by atoms with Gasteiger partial charge in [0.2, 0.25) is 0 Å². The van der Waals surface area contributed by atoms with Gasteiger partial charge in [0.05, 0.1) is 5.38 Å². The molecule has 90 valence electrons. The van der Waals surface area contributed by atoms with Crippen LogP contribution in [0.5, 0.6) is 0 Å². The first-order valence-electron chi connectivity index (χ1n) is 5.14. The standard InChI is InChI=1S/C13H11ClF2S/c1-7-3-4-17-13(7)12(14)9-5-8(2)10(15)6-11(9)16/h3-6,12H,1-2H3. The van der Waals surface area contributed by atoms with Crippen LogP contribution in [0.25, 0.3) is 0 Å². The van der Waals surface area contributed by atoms with Crippen molar-refractivity contribution in [2.75, 3.05) is 0 Å². The molecule has 0 amide bonds. The smallest absolute Gasteiger partial charge is 0.131 e. The molecule has 0 N–H and O–H groups in total. The highest BCUT2D eigenvalue weighted by molar-refractivity contribution is 7.10. The Bertz CT molecular complexity index is 548. The highest BCUT2D eigenvalue weighted by atomic mass is 35.5. The summed E-state index contributed by atoms with van der Waals surface area (Å²) in [5.74, 6) is -1.14. The largest absolute Gasteiger partial charge is 0.207 e. The van der Waals surface area contributed by atoms with Crippen LogP contribution >= 0.6 is 22.9 Å². The highest BCUT2D eigenvalue weighted by Gasteiger charge is 2.19. The SMILES string of the molecule is Cc1cc(C(Cl)c2sccc2C)c(F)cc1F. The molecular weight excluding hydrogens is 262 g/mol. The Kier molecular flexibility index (Phi) is 3.50. The van der Waals surface area contributed by atoms with Gasteiger partial charge in [0, 0.05) is 16.5 Å². The van der Waals surface area contributed by atoms with Crippen molar-refractivity contribution >= 4 is 22.9 Å². The zero-order valence-corrected chi connectivity index (χ0v) is 11.0. The number of benzene rings is 1. The zero-order chi connectivity index (χ0) is 12.6. The zero-order valence-electron chi connectivity index (χ0n) is 9.43. The highest BCUT2D eigenvalue weighted by Crippen LogP contribution is 2.36. The van der Waals surface area contributed by atoms with Crippen LogP contribution in [0.15, 0.2) is 23.6 Å². The van der Waals surface area contributed by atoms with Crippen LogP contribution in [0, 0.1) is 25.5 Å². The summed E-state index contributed by atoms with van der Waals surface area (Å²) < 4.78 is 26.8. The van der Waals surface area contributed by atoms with Crippen LogP contribution in [-0.4, -0.2) is 0 Å². The van der Waals surface area contributed by atoms with E-state index in [4.69, 9.17) is 11.6 Å². The van der Waals surface area contributed by atoms with Gasteiger partial charge >= 0.3 is 0 Å². The second-order valence-corrected chi connectivity index (χ2v) is 5.34. The third-order valence-corrected chi connectivity index (χ3v) is 4.35. The summed E-state index contributed by atoms with van der Waals surface area (Å²) in [6.07, 6.45) is 0. The average Bonchev–Trinajstić information content (AvgIpc) is 2.69. The molecule has 0 nitrogen and oxygen atoms in total. The van der Waals surface area contributed by atoms with E-state index in [-0.39, 0.29) is 0 Å². The van der Waals surface area contributed by atoms with E-state index in [0.29, 0.717) is 11.1 Å². The Balaban J connectivity index is 2.48. The predicted octanol–water partition coefficient (Wildman–Crippen LogP) is 4.97. The molecule has 2 aromatic rings. The van der Waals surface area contributed by atoms with E-state index >= 15 is 0 Å². The molecule has 0 fully saturated rings. The van der Waals surface area contributed by atoms with Crippen LogP contribution in [0.2, 0.25) is 0 Å². The van der Waals surface area contributed by atoms with E-state index in [1.54, 1.807) is 6.92 Å². The van der Waals surface area contributed by atoms with Gasteiger partial charge in [-0.05, 0) is 42.5 Å². The minimum atomic E-state index is -0.596. The lowest BCUT2D eigenvalue weighted by molar-refractivity contribution is 0.568. The normalized spacial score (nSPS) is 12.8. The van der Waals surface area contributed by atoms with E-state index in [1.807, 2.05) is 18.4 Å². The third-order valence-electron chi connectivity index (χ3n) is 2.68. The summed E-state index contributed by atoms with van der Waals surface area (Å²) in [4.78, 5) is 0.900. The number of thiophene rings is 1. The van der Waals surface area contributed by atoms with Gasteiger partial charge in [-0.2, -0.15) is 0 Å². The van der Waals surface area contributed by atoms with Crippen LogP contribution in [0.4, 0.5) is 8.78 Å². The lowest BCUT2D eigenvalue weighted by atomic mass is 10.0. The summed E-state index contributed by atoms with van der Waals surface area (Å²) in [5, 5.41) is 1.35. The Hall–Kier alpha value is -0.930. The van der Waals surface area contributed by atoms with Crippen molar-refractivity contribution in [1.82, 2.24) is 0 Å². The summed E-state index contributed by atoms with van der Waals surface area (Å²) in [5.41, 5.74) is 1.76. The molecular formula is C13H11ClF2S. The van der Waals surface area contributed by atoms with Gasteiger partial charge in [-0.3, -0.25) is 0 Å². The van der Waals surface area contributed by atoms with Crippen LogP contribution < -0.4 is 0 Å². The molecule has 0 aliphatic rings. The molecule has 1 unspecified atom stereocenters. The van der Waals surface area contributed by atoms with Crippen molar-refractivity contribution in [1.29, 1.82) is 0 Å². The Morgan fingerprint density at radius 2 is 1.82 bits per heavy atom. The number of hydrogen-bond donors (Lipinski definition) is 0. The van der Waals surface area contributed by atoms with Gasteiger partial charge in [0.15, 0.2) is 0 Å². The number of rotatable bonds is 2. The summed E-state index contributed by atoms with van der Waals surface area (Å²) >= 11 is 7.73. The lowest BCUT2D eigenvalue weighted by Gasteiger charge is -2.12. The lowest BCUT2D eigenvalue weighted by Crippen LogP contribution is -1.99. The van der Waals surface area contributed by atoms with Crippen molar-refractivity contribution < 1.29 is 8.78 Å². The quantitative estimate of drug-likeness (QED) is 0.677. The minimum Gasteiger partial charge on any atom is -0.207 e. The second kappa shape index (κ2) is 4.75. The molecule has 0 spiro atoms. The summed E-state index contributed by atoms with van der Waals surface area (Å²) in [7, 11) is 0. The van der Waals surface area contributed by atoms with Crippen molar-refractivity contribution in [2.24, 2.45) is 0 Å². The van der Waals surface area contributed by atoms with Crippen LogP contribution in [0.1, 0.15) is 26.9 Å². The van der Waals surface area contributed by atoms with E-state index in [1.165, 1.54) is 17.4 Å². The Labute approximate surface area is 108 Å². The van der Waals surface area contributed by atoms with Gasteiger partial charge in [-0.25, -0.2) is 8.78 Å². The predicted molar refractivity (Wildman–Crippen MR) is 67.8 cm³/mol. The van der Waals surface area contributed by atoms with E-state index in [2.05, 4.69) is 0 Å². The molecule has 0 aliphatic carbocycles. The average molecular weight is 273 g/mol. The molecule has 0 bridgehead atoms. The van der Waals surface area contributed by atoms with Gasteiger partial charge in [-0.1, -0.05) is 0 Å². The Morgan fingerprint density at radius 1 is 1.12 bits per heavy atom. The number of aryl methyl sites for hydroxylation is 2. The number of hydrogen-bond acceptors (Lipinski definition) is 1. The second-order valence-electron chi connectivity index (χ2n) is 3.95. The van der Waals surface area contributed by atoms with Gasteiger partial charge < -0.3 is 0 Å². The first-order valence-corrected chi connectivity index (χ1v) is 6.46. The first-order chi connectivity index (χ1) is 8.00. The van der Waals surface area contributed by atoms with Crippen molar-refractivity contribution in [3.63, 3.8) is 0 Å². The molecule has 1 aromatic heterocycles. The van der Waals surface area contributed by atoms with Crippen molar-refractivity contribution in [3.8, 4) is 0 Å². The molecule has 1 heterocycles. The maximum atomic E-state index is 13.7. The fraction of sp³-hybridized carbons (Fsp3) is 0.231. The van der Waals surface area contributed by atoms with E-state index < -0.39 is 17.0 Å². The van der Waals surface area contributed by atoms with Gasteiger partial charge in [0.25, 0.3) is 0 Å². The topological polar surface area (TPSA) is 0 Å². The fourth-order valence-corrected chi connectivity index (χ4v) is 3.07. The molecule has 4 heteroatoms. The molecule has 0 radical (unpaired) electrons. The molecule has 1 atom stereocenters. The molecule has 0 saturated carbocycles.